The summed E-state index contributed by atoms with van der Waals surface area (Å²) in [6.45, 7) is 7.15. The molecule has 0 spiro atoms. The molecule has 3 nitrogen and oxygen atoms in total. The molecule has 0 rings (SSSR count). The Labute approximate surface area is 84.8 Å². The molecule has 0 aliphatic heterocycles. The van der Waals surface area contributed by atoms with Gasteiger partial charge in [0.2, 0.25) is 5.91 Å². The molecule has 4 heteroatoms. The molecule has 13 heavy (non-hydrogen) atoms. The van der Waals surface area contributed by atoms with Crippen molar-refractivity contribution in [2.24, 2.45) is 5.73 Å². The van der Waals surface area contributed by atoms with Crippen LogP contribution in [-0.2, 0) is 4.79 Å². The fraction of sp³-hybridized carbons (Fsp3) is 0.889. The lowest BCUT2D eigenvalue weighted by molar-refractivity contribution is -0.119. The molecule has 0 aromatic rings. The van der Waals surface area contributed by atoms with Gasteiger partial charge >= 0.3 is 0 Å². The van der Waals surface area contributed by atoms with Gasteiger partial charge in [0.1, 0.15) is 0 Å². The lowest BCUT2D eigenvalue weighted by Crippen LogP contribution is -2.43. The van der Waals surface area contributed by atoms with E-state index in [1.54, 1.807) is 11.8 Å². The molecule has 0 saturated carbocycles. The quantitative estimate of drug-likeness (QED) is 0.650. The molecule has 0 fully saturated rings. The number of carbonyl (C=O) groups is 1. The van der Waals surface area contributed by atoms with Crippen LogP contribution < -0.4 is 11.1 Å². The first-order chi connectivity index (χ1) is 6.07. The summed E-state index contributed by atoms with van der Waals surface area (Å²) in [5, 5.41) is 3.68. The van der Waals surface area contributed by atoms with Crippen LogP contribution in [0.4, 0.5) is 0 Å². The van der Waals surface area contributed by atoms with E-state index in [-0.39, 0.29) is 11.9 Å². The van der Waals surface area contributed by atoms with Gasteiger partial charge in [-0.1, -0.05) is 20.8 Å². The Hall–Kier alpha value is -0.220. The first kappa shape index (κ1) is 12.8. The summed E-state index contributed by atoms with van der Waals surface area (Å²) in [4.78, 5) is 11.0. The van der Waals surface area contributed by atoms with E-state index in [4.69, 9.17) is 5.73 Å². The smallest absolute Gasteiger partial charge is 0.235 e. The van der Waals surface area contributed by atoms with E-state index in [1.807, 2.05) is 0 Å². The molecule has 0 heterocycles. The molecule has 0 aromatic heterocycles. The Morgan fingerprint density at radius 1 is 1.54 bits per heavy atom. The minimum absolute atomic E-state index is 0.174. The van der Waals surface area contributed by atoms with Crippen LogP contribution in [0.5, 0.6) is 0 Å². The van der Waals surface area contributed by atoms with Gasteiger partial charge in [-0.05, 0) is 18.2 Å². The third-order valence-corrected chi connectivity index (χ3v) is 2.77. The highest BCUT2D eigenvalue weighted by atomic mass is 32.2. The second-order valence-corrected chi connectivity index (χ2v) is 4.90. The predicted molar refractivity (Wildman–Crippen MR) is 58.9 cm³/mol. The van der Waals surface area contributed by atoms with Gasteiger partial charge in [0.25, 0.3) is 0 Å². The maximum absolute atomic E-state index is 11.0. The van der Waals surface area contributed by atoms with E-state index in [9.17, 15) is 4.79 Å². The van der Waals surface area contributed by atoms with Crippen molar-refractivity contribution in [3.8, 4) is 0 Å². The molecule has 0 aromatic carbocycles. The van der Waals surface area contributed by atoms with Crippen molar-refractivity contribution >= 4 is 17.7 Å². The van der Waals surface area contributed by atoms with Crippen molar-refractivity contribution in [1.29, 1.82) is 0 Å². The topological polar surface area (TPSA) is 55.1 Å². The monoisotopic (exact) mass is 204 g/mol. The van der Waals surface area contributed by atoms with Gasteiger partial charge in [-0.2, -0.15) is 11.8 Å². The Kier molecular flexibility index (Phi) is 7.09. The Morgan fingerprint density at radius 2 is 2.15 bits per heavy atom. The maximum atomic E-state index is 11.0. The molecular formula is C9H20N2OS. The first-order valence-corrected chi connectivity index (χ1v) is 5.77. The minimum atomic E-state index is -0.249. The van der Waals surface area contributed by atoms with Crippen LogP contribution in [0.1, 0.15) is 27.2 Å². The molecule has 1 atom stereocenters. The number of rotatable bonds is 7. The predicted octanol–water partition coefficient (Wildman–Crippen LogP) is 0.981. The van der Waals surface area contributed by atoms with E-state index < -0.39 is 0 Å². The minimum Gasteiger partial charge on any atom is -0.368 e. The molecule has 1 amide bonds. The van der Waals surface area contributed by atoms with Gasteiger partial charge in [-0.15, -0.1) is 0 Å². The van der Waals surface area contributed by atoms with E-state index in [0.29, 0.717) is 5.25 Å². The highest BCUT2D eigenvalue weighted by molar-refractivity contribution is 7.99. The average molecular weight is 204 g/mol. The molecule has 0 saturated heterocycles. The highest BCUT2D eigenvalue weighted by Gasteiger charge is 2.14. The maximum Gasteiger partial charge on any atom is 0.235 e. The Balaban J connectivity index is 3.74. The number of hydrogen-bond acceptors (Lipinski definition) is 3. The van der Waals surface area contributed by atoms with E-state index in [1.165, 1.54) is 0 Å². The van der Waals surface area contributed by atoms with Crippen LogP contribution in [0.15, 0.2) is 0 Å². The van der Waals surface area contributed by atoms with Gasteiger partial charge in [0, 0.05) is 5.75 Å². The number of hydrogen-bond donors (Lipinski definition) is 2. The van der Waals surface area contributed by atoms with Crippen LogP contribution in [0, 0.1) is 0 Å². The summed E-state index contributed by atoms with van der Waals surface area (Å²) < 4.78 is 0. The van der Waals surface area contributed by atoms with Crippen molar-refractivity contribution in [2.75, 3.05) is 12.3 Å². The lowest BCUT2D eigenvalue weighted by Gasteiger charge is -2.15. The van der Waals surface area contributed by atoms with Gasteiger partial charge in [0.05, 0.1) is 6.04 Å². The molecule has 3 N–H and O–H groups in total. The standard InChI is InChI=1S/C9H20N2OS/c1-4-5-11-8(9(10)12)6-13-7(2)3/h7-8,11H,4-6H2,1-3H3,(H2,10,12). The fourth-order valence-electron chi connectivity index (χ4n) is 0.849. The van der Waals surface area contributed by atoms with Gasteiger partial charge in [-0.3, -0.25) is 4.79 Å². The Bertz CT molecular complexity index is 151. The van der Waals surface area contributed by atoms with Crippen molar-refractivity contribution in [2.45, 2.75) is 38.5 Å². The second kappa shape index (κ2) is 7.21. The van der Waals surface area contributed by atoms with E-state index >= 15 is 0 Å². The summed E-state index contributed by atoms with van der Waals surface area (Å²) in [7, 11) is 0. The fourth-order valence-corrected chi connectivity index (χ4v) is 1.71. The van der Waals surface area contributed by atoms with Crippen LogP contribution in [0.3, 0.4) is 0 Å². The van der Waals surface area contributed by atoms with Crippen molar-refractivity contribution in [1.82, 2.24) is 5.32 Å². The van der Waals surface area contributed by atoms with Crippen molar-refractivity contribution in [3.05, 3.63) is 0 Å². The average Bonchev–Trinajstić information content (AvgIpc) is 2.03. The van der Waals surface area contributed by atoms with Crippen molar-refractivity contribution < 1.29 is 4.79 Å². The Morgan fingerprint density at radius 3 is 2.54 bits per heavy atom. The summed E-state index contributed by atoms with van der Waals surface area (Å²) >= 11 is 1.75. The number of carbonyl (C=O) groups excluding carboxylic acids is 1. The largest absolute Gasteiger partial charge is 0.368 e. The number of primary amides is 1. The lowest BCUT2D eigenvalue weighted by atomic mass is 10.3. The van der Waals surface area contributed by atoms with Crippen LogP contribution >= 0.6 is 11.8 Å². The third-order valence-electron chi connectivity index (χ3n) is 1.58. The molecule has 0 aliphatic carbocycles. The van der Waals surface area contributed by atoms with Crippen LogP contribution in [0.2, 0.25) is 0 Å². The van der Waals surface area contributed by atoms with Gasteiger partial charge < -0.3 is 11.1 Å². The zero-order valence-corrected chi connectivity index (χ0v) is 9.49. The number of thioether (sulfide) groups is 1. The summed E-state index contributed by atoms with van der Waals surface area (Å²) in [5.74, 6) is 0.522. The van der Waals surface area contributed by atoms with Gasteiger partial charge in [-0.25, -0.2) is 0 Å². The summed E-state index contributed by atoms with van der Waals surface area (Å²) in [6, 6.07) is -0.174. The second-order valence-electron chi connectivity index (χ2n) is 3.29. The third kappa shape index (κ3) is 6.90. The molecule has 0 aliphatic rings. The number of nitrogens with one attached hydrogen (secondary N) is 1. The van der Waals surface area contributed by atoms with Crippen molar-refractivity contribution in [3.63, 3.8) is 0 Å². The zero-order valence-electron chi connectivity index (χ0n) is 8.67. The van der Waals surface area contributed by atoms with E-state index in [0.717, 1.165) is 18.7 Å². The van der Waals surface area contributed by atoms with Crippen LogP contribution in [0.25, 0.3) is 0 Å². The normalized spacial score (nSPS) is 13.2. The number of amides is 1. The molecule has 78 valence electrons. The highest BCUT2D eigenvalue weighted by Crippen LogP contribution is 2.10. The zero-order chi connectivity index (χ0) is 10.3. The molecule has 1 unspecified atom stereocenters. The molecular weight excluding hydrogens is 184 g/mol. The van der Waals surface area contributed by atoms with Gasteiger partial charge in [0.15, 0.2) is 0 Å². The van der Waals surface area contributed by atoms with Crippen LogP contribution in [-0.4, -0.2) is 29.5 Å². The number of nitrogens with two attached hydrogens (primary N) is 1. The van der Waals surface area contributed by atoms with E-state index in [2.05, 4.69) is 26.1 Å². The molecule has 0 radical (unpaired) electrons. The summed E-state index contributed by atoms with van der Waals surface area (Å²) in [6.07, 6.45) is 1.02. The first-order valence-electron chi connectivity index (χ1n) is 4.72. The summed E-state index contributed by atoms with van der Waals surface area (Å²) in [5.41, 5.74) is 5.25. The molecule has 0 bridgehead atoms. The SMILES string of the molecule is CCCNC(CSC(C)C)C(N)=O.